The molecule has 0 aliphatic rings. The van der Waals surface area contributed by atoms with Gasteiger partial charge in [-0.2, -0.15) is 0 Å². The maximum atomic E-state index is 16.5. The summed E-state index contributed by atoms with van der Waals surface area (Å²) < 4.78 is 50.9. The van der Waals surface area contributed by atoms with E-state index < -0.39 is 93.0 Å². The maximum Gasteiger partial charge on any atom is 0.262 e. The Balaban J connectivity index is 1.56. The SMILES string of the molecule is CCNC(=O)C(c1c(C)n(C(=O)c2ccc(Cl)cc2)c2cc(F)c(O)cc12)C(C(=O)NC)(c1c(C)n(C(=O)c2ccc(Cl)cc2)c2cc(F)c(O)cc12)C(C(N)=O)c1c(C)n(C(=O)c2ccc(Cl)cc2)c2cc(F)c(O)cc12. The second-order valence-corrected chi connectivity index (χ2v) is 19.8. The normalized spacial score (nSPS) is 13.1. The van der Waals surface area contributed by atoms with Crippen molar-refractivity contribution in [3.8, 4) is 17.2 Å². The van der Waals surface area contributed by atoms with Crippen LogP contribution in [0.15, 0.2) is 109 Å². The number of nitrogens with one attached hydrogen (secondary N) is 2. The summed E-state index contributed by atoms with van der Waals surface area (Å²) >= 11 is 18.6. The summed E-state index contributed by atoms with van der Waals surface area (Å²) in [6, 6.07) is 21.7. The van der Waals surface area contributed by atoms with Crippen molar-refractivity contribution in [3.05, 3.63) is 192 Å². The van der Waals surface area contributed by atoms with Gasteiger partial charge in [0.15, 0.2) is 34.7 Å². The molecule has 0 spiro atoms. The third-order valence-corrected chi connectivity index (χ3v) is 15.0. The van der Waals surface area contributed by atoms with Crippen LogP contribution in [-0.4, -0.2) is 78.1 Å². The summed E-state index contributed by atoms with van der Waals surface area (Å²) in [5.74, 6) is -17.8. The van der Waals surface area contributed by atoms with Gasteiger partial charge in [0.05, 0.1) is 28.4 Å². The first-order valence-corrected chi connectivity index (χ1v) is 24.9. The predicted molar refractivity (Wildman–Crippen MR) is 288 cm³/mol. The van der Waals surface area contributed by atoms with Gasteiger partial charge in [-0.15, -0.1) is 0 Å². The van der Waals surface area contributed by atoms with Gasteiger partial charge < -0.3 is 31.7 Å². The molecular weight excluding hydrogens is 1080 g/mol. The molecule has 0 bridgehead atoms. The van der Waals surface area contributed by atoms with Crippen molar-refractivity contribution in [1.29, 1.82) is 0 Å². The molecule has 0 fully saturated rings. The summed E-state index contributed by atoms with van der Waals surface area (Å²) in [6.07, 6.45) is 0. The largest absolute Gasteiger partial charge is 0.505 e. The standard InChI is InChI=1S/C57H44Cl3F3N6O9/c1-6-66-52(74)50(47-26(3)68(41-23-38(62)44(71)20-35(41)47)54(76)29-9-15-32(59)16-10-29)57(56(78)65-5,48-27(4)69(42-24-39(63)45(72)21-36(42)48)55(77)30-11-17-33(60)18-12-30)49(51(64)73)46-25(2)67(40-22-37(61)43(70)19-34(40)46)53(75)28-7-13-31(58)14-8-28/h7-24,49-50,70-72H,6H2,1-5H3,(H2,64,73)(H,65,78)(H,66,74). The number of likely N-dealkylation sites (N-methyl/N-ethyl adjacent to an activating group) is 2. The lowest BCUT2D eigenvalue weighted by Gasteiger charge is -2.44. The number of aromatic hydroxyl groups is 3. The highest BCUT2D eigenvalue weighted by Crippen LogP contribution is 2.58. The van der Waals surface area contributed by atoms with Crippen molar-refractivity contribution in [2.45, 2.75) is 44.9 Å². The van der Waals surface area contributed by atoms with Crippen LogP contribution in [0.2, 0.25) is 15.1 Å². The smallest absolute Gasteiger partial charge is 0.262 e. The van der Waals surface area contributed by atoms with Crippen molar-refractivity contribution in [1.82, 2.24) is 24.3 Å². The van der Waals surface area contributed by atoms with Crippen LogP contribution in [0, 0.1) is 38.2 Å². The summed E-state index contributed by atoms with van der Waals surface area (Å²) in [4.78, 5) is 93.1. The maximum absolute atomic E-state index is 16.5. The number of primary amides is 1. The topological polar surface area (TPSA) is 228 Å². The van der Waals surface area contributed by atoms with Crippen LogP contribution in [-0.2, 0) is 19.8 Å². The van der Waals surface area contributed by atoms with Crippen LogP contribution < -0.4 is 16.4 Å². The van der Waals surface area contributed by atoms with Crippen LogP contribution in [0.1, 0.15) is 83.6 Å². The lowest BCUT2D eigenvalue weighted by atomic mass is 9.56. The lowest BCUT2D eigenvalue weighted by molar-refractivity contribution is -0.137. The van der Waals surface area contributed by atoms with E-state index in [1.54, 1.807) is 0 Å². The zero-order valence-corrected chi connectivity index (χ0v) is 44.0. The molecule has 0 aliphatic carbocycles. The van der Waals surface area contributed by atoms with Crippen molar-refractivity contribution in [3.63, 3.8) is 0 Å². The molecule has 9 rings (SSSR count). The van der Waals surface area contributed by atoms with Gasteiger partial charge in [-0.1, -0.05) is 34.8 Å². The van der Waals surface area contributed by atoms with Gasteiger partial charge in [-0.05, 0) is 135 Å². The van der Waals surface area contributed by atoms with Gasteiger partial charge in [0, 0.05) is 96.8 Å². The number of carbonyl (C=O) groups excluding carboxylic acids is 6. The Bertz CT molecular complexity index is 4040. The van der Waals surface area contributed by atoms with Crippen LogP contribution in [0.3, 0.4) is 0 Å². The molecular formula is C57H44Cl3F3N6O9. The van der Waals surface area contributed by atoms with E-state index in [1.165, 1.54) is 100 Å². The summed E-state index contributed by atoms with van der Waals surface area (Å²) in [7, 11) is 1.14. The number of halogens is 6. The number of hydrogen-bond donors (Lipinski definition) is 6. The molecule has 3 amide bonds. The Morgan fingerprint density at radius 2 is 0.885 bits per heavy atom. The number of benzene rings is 6. The minimum absolute atomic E-state index is 0.0143. The zero-order chi connectivity index (χ0) is 56.6. The third-order valence-electron chi connectivity index (χ3n) is 14.2. The number of aromatic nitrogens is 3. The average molecular weight is 1120 g/mol. The molecule has 7 N–H and O–H groups in total. The molecule has 3 unspecified atom stereocenters. The van der Waals surface area contributed by atoms with Crippen LogP contribution >= 0.6 is 34.8 Å². The molecule has 3 aromatic heterocycles. The summed E-state index contributed by atoms with van der Waals surface area (Å²) in [6.45, 7) is 5.30. The molecule has 0 saturated carbocycles. The van der Waals surface area contributed by atoms with E-state index in [0.717, 1.165) is 57.1 Å². The second-order valence-electron chi connectivity index (χ2n) is 18.5. The fourth-order valence-electron chi connectivity index (χ4n) is 11.0. The number of nitrogens with zero attached hydrogens (tertiary/aromatic N) is 3. The third kappa shape index (κ3) is 8.56. The average Bonchev–Trinajstić information content (AvgIpc) is 3.76. The van der Waals surface area contributed by atoms with Crippen molar-refractivity contribution >= 4 is 103 Å². The van der Waals surface area contributed by atoms with Gasteiger partial charge in [0.25, 0.3) is 17.7 Å². The molecule has 0 radical (unpaired) electrons. The molecule has 3 heterocycles. The number of amides is 3. The first kappa shape index (κ1) is 54.2. The van der Waals surface area contributed by atoms with E-state index in [-0.39, 0.29) is 99.2 Å². The Morgan fingerprint density at radius 1 is 0.551 bits per heavy atom. The van der Waals surface area contributed by atoms with Gasteiger partial charge in [-0.25, -0.2) is 13.2 Å². The van der Waals surface area contributed by atoms with Crippen molar-refractivity contribution in [2.75, 3.05) is 13.6 Å². The Morgan fingerprint density at radius 3 is 1.23 bits per heavy atom. The lowest BCUT2D eigenvalue weighted by Crippen LogP contribution is -2.58. The molecule has 21 heteroatoms. The Hall–Kier alpha value is -8.58. The van der Waals surface area contributed by atoms with Gasteiger partial charge >= 0.3 is 0 Å². The molecule has 0 saturated heterocycles. The number of rotatable bonds is 12. The van der Waals surface area contributed by atoms with E-state index in [9.17, 15) is 24.9 Å². The number of phenols is 3. The number of carbonyl (C=O) groups is 6. The molecule has 78 heavy (non-hydrogen) atoms. The number of fused-ring (bicyclic) bond motifs is 3. The molecule has 15 nitrogen and oxygen atoms in total. The highest BCUT2D eigenvalue weighted by molar-refractivity contribution is 6.31. The van der Waals surface area contributed by atoms with Crippen LogP contribution in [0.5, 0.6) is 17.2 Å². The quantitative estimate of drug-likeness (QED) is 0.0683. The highest BCUT2D eigenvalue weighted by Gasteiger charge is 2.62. The van der Waals surface area contributed by atoms with Crippen molar-refractivity contribution < 1.29 is 57.3 Å². The van der Waals surface area contributed by atoms with E-state index in [0.29, 0.717) is 0 Å². The fraction of sp³-hybridized carbons (Fsp3) is 0.158. The van der Waals surface area contributed by atoms with Crippen LogP contribution in [0.4, 0.5) is 13.2 Å². The Kier molecular flexibility index (Phi) is 14.2. The minimum atomic E-state index is -3.09. The highest BCUT2D eigenvalue weighted by atomic mass is 35.5. The van der Waals surface area contributed by atoms with Gasteiger partial charge in [0.1, 0.15) is 5.41 Å². The van der Waals surface area contributed by atoms with Gasteiger partial charge in [0.2, 0.25) is 17.7 Å². The Labute approximate surface area is 456 Å². The molecule has 398 valence electrons. The van der Waals surface area contributed by atoms with E-state index in [4.69, 9.17) is 40.5 Å². The van der Waals surface area contributed by atoms with Gasteiger partial charge in [-0.3, -0.25) is 42.5 Å². The molecule has 0 aliphatic heterocycles. The van der Waals surface area contributed by atoms with Crippen LogP contribution in [0.25, 0.3) is 32.7 Å². The number of phenolic OH excluding ortho intramolecular Hbond substituents is 3. The minimum Gasteiger partial charge on any atom is -0.505 e. The monoisotopic (exact) mass is 1120 g/mol. The first-order chi connectivity index (χ1) is 37.0. The van der Waals surface area contributed by atoms with E-state index >= 15 is 32.3 Å². The second kappa shape index (κ2) is 20.4. The summed E-state index contributed by atoms with van der Waals surface area (Å²) in [5.41, 5.74) is 0.800. The zero-order valence-electron chi connectivity index (χ0n) is 41.7. The predicted octanol–water partition coefficient (Wildman–Crippen LogP) is 10.2. The first-order valence-electron chi connectivity index (χ1n) is 23.8. The molecule has 3 atom stereocenters. The number of nitrogens with two attached hydrogens (primary N) is 1. The fourth-order valence-corrected chi connectivity index (χ4v) is 11.4. The van der Waals surface area contributed by atoms with Crippen molar-refractivity contribution in [2.24, 2.45) is 5.73 Å². The molecule has 6 aromatic carbocycles. The summed E-state index contributed by atoms with van der Waals surface area (Å²) in [5, 5.41) is 39.0. The molecule has 9 aromatic rings. The number of hydrogen-bond acceptors (Lipinski definition) is 9. The van der Waals surface area contributed by atoms with E-state index in [1.807, 2.05) is 0 Å². The van der Waals surface area contributed by atoms with E-state index in [2.05, 4.69) is 10.6 Å².